The Morgan fingerprint density at radius 2 is 2.26 bits per heavy atom. The van der Waals surface area contributed by atoms with Crippen molar-refractivity contribution in [2.45, 2.75) is 25.9 Å². The molecule has 1 aromatic carbocycles. The molecule has 122 valence electrons. The lowest BCUT2D eigenvalue weighted by molar-refractivity contribution is -0.128. The van der Waals surface area contributed by atoms with E-state index in [0.717, 1.165) is 6.42 Å². The molecule has 1 aliphatic heterocycles. The van der Waals surface area contributed by atoms with E-state index in [4.69, 9.17) is 4.74 Å². The van der Waals surface area contributed by atoms with Gasteiger partial charge in [-0.1, -0.05) is 12.1 Å². The summed E-state index contributed by atoms with van der Waals surface area (Å²) >= 11 is 0. The van der Waals surface area contributed by atoms with Crippen LogP contribution < -0.4 is 10.2 Å². The summed E-state index contributed by atoms with van der Waals surface area (Å²) in [7, 11) is 0. The molecule has 1 heterocycles. The quantitative estimate of drug-likeness (QED) is 0.640. The number of amides is 2. The number of ether oxygens (including phenoxy) is 1. The van der Waals surface area contributed by atoms with Gasteiger partial charge in [0.1, 0.15) is 0 Å². The molecule has 2 rings (SSSR count). The van der Waals surface area contributed by atoms with E-state index in [2.05, 4.69) is 11.9 Å². The van der Waals surface area contributed by atoms with Crippen molar-refractivity contribution < 1.29 is 19.1 Å². The molecular weight excluding hydrogens is 296 g/mol. The minimum absolute atomic E-state index is 0.0488. The van der Waals surface area contributed by atoms with Gasteiger partial charge in [-0.05, 0) is 31.5 Å². The third kappa shape index (κ3) is 4.18. The topological polar surface area (TPSA) is 75.7 Å². The fourth-order valence-corrected chi connectivity index (χ4v) is 2.32. The van der Waals surface area contributed by atoms with Crippen molar-refractivity contribution in [2.24, 2.45) is 0 Å². The van der Waals surface area contributed by atoms with Crippen molar-refractivity contribution in [3.05, 3.63) is 42.5 Å². The number of hydrogen-bond acceptors (Lipinski definition) is 4. The van der Waals surface area contributed by atoms with Crippen LogP contribution in [0.25, 0.3) is 0 Å². The van der Waals surface area contributed by atoms with Crippen molar-refractivity contribution in [1.82, 2.24) is 5.32 Å². The Balaban J connectivity index is 2.03. The van der Waals surface area contributed by atoms with Gasteiger partial charge in [-0.2, -0.15) is 0 Å². The molecule has 1 fully saturated rings. The number of carbonyl (C=O) groups excluding carboxylic acids is 3. The van der Waals surface area contributed by atoms with E-state index in [1.165, 1.54) is 6.92 Å². The molecule has 6 nitrogen and oxygen atoms in total. The molecule has 2 amide bonds. The maximum absolute atomic E-state index is 12.2. The fraction of sp³-hybridized carbons (Fsp3) is 0.353. The summed E-state index contributed by atoms with van der Waals surface area (Å²) in [5.74, 6) is -0.934. The average Bonchev–Trinajstić information content (AvgIpc) is 2.98. The van der Waals surface area contributed by atoms with Crippen LogP contribution in [-0.2, 0) is 14.3 Å². The Kier molecular flexibility index (Phi) is 5.51. The molecule has 0 spiro atoms. The van der Waals surface area contributed by atoms with Gasteiger partial charge in [0.15, 0.2) is 6.10 Å². The van der Waals surface area contributed by atoms with Crippen LogP contribution in [0.3, 0.4) is 0 Å². The maximum Gasteiger partial charge on any atom is 0.338 e. The van der Waals surface area contributed by atoms with Gasteiger partial charge in [-0.3, -0.25) is 9.59 Å². The lowest BCUT2D eigenvalue weighted by Crippen LogP contribution is -2.35. The second kappa shape index (κ2) is 7.58. The number of carbonyl (C=O) groups is 3. The first-order valence-corrected chi connectivity index (χ1v) is 7.53. The largest absolute Gasteiger partial charge is 0.449 e. The summed E-state index contributed by atoms with van der Waals surface area (Å²) in [4.78, 5) is 37.3. The summed E-state index contributed by atoms with van der Waals surface area (Å²) in [5, 5.41) is 2.56. The molecule has 0 saturated carbocycles. The van der Waals surface area contributed by atoms with Crippen molar-refractivity contribution in [1.29, 1.82) is 0 Å². The molecular formula is C17H20N2O4. The van der Waals surface area contributed by atoms with Gasteiger partial charge >= 0.3 is 5.97 Å². The van der Waals surface area contributed by atoms with Gasteiger partial charge in [0.05, 0.1) is 5.56 Å². The van der Waals surface area contributed by atoms with E-state index in [0.29, 0.717) is 30.8 Å². The first-order chi connectivity index (χ1) is 11.0. The molecule has 0 aliphatic carbocycles. The zero-order valence-electron chi connectivity index (χ0n) is 13.1. The SMILES string of the molecule is C=CCNC(=O)[C@@H](C)OC(=O)c1cccc(N2CCCC2=O)c1. The summed E-state index contributed by atoms with van der Waals surface area (Å²) in [5.41, 5.74) is 0.983. The van der Waals surface area contributed by atoms with E-state index in [1.54, 1.807) is 35.2 Å². The molecule has 0 bridgehead atoms. The number of esters is 1. The van der Waals surface area contributed by atoms with Gasteiger partial charge in [0.2, 0.25) is 5.91 Å². The molecule has 1 saturated heterocycles. The third-order valence-electron chi connectivity index (χ3n) is 3.54. The van der Waals surface area contributed by atoms with Gasteiger partial charge in [-0.15, -0.1) is 6.58 Å². The lowest BCUT2D eigenvalue weighted by Gasteiger charge is -2.17. The van der Waals surface area contributed by atoms with Crippen molar-refractivity contribution in [3.63, 3.8) is 0 Å². The van der Waals surface area contributed by atoms with E-state index in [1.807, 2.05) is 0 Å². The monoisotopic (exact) mass is 316 g/mol. The van der Waals surface area contributed by atoms with E-state index < -0.39 is 12.1 Å². The highest BCUT2D eigenvalue weighted by atomic mass is 16.5. The van der Waals surface area contributed by atoms with Crippen LogP contribution in [0.1, 0.15) is 30.1 Å². The fourth-order valence-electron chi connectivity index (χ4n) is 2.32. The normalized spacial score (nSPS) is 15.2. The van der Waals surface area contributed by atoms with Crippen LogP contribution in [0.4, 0.5) is 5.69 Å². The predicted molar refractivity (Wildman–Crippen MR) is 86.1 cm³/mol. The highest BCUT2D eigenvalue weighted by Crippen LogP contribution is 2.22. The minimum Gasteiger partial charge on any atom is -0.449 e. The van der Waals surface area contributed by atoms with Gasteiger partial charge in [0.25, 0.3) is 5.91 Å². The molecule has 1 aromatic rings. The molecule has 1 aliphatic rings. The zero-order valence-corrected chi connectivity index (χ0v) is 13.1. The van der Waals surface area contributed by atoms with Crippen LogP contribution in [-0.4, -0.2) is 37.0 Å². The highest BCUT2D eigenvalue weighted by molar-refractivity contribution is 5.98. The highest BCUT2D eigenvalue weighted by Gasteiger charge is 2.23. The van der Waals surface area contributed by atoms with Crippen LogP contribution in [0, 0.1) is 0 Å². The summed E-state index contributed by atoms with van der Waals surface area (Å²) < 4.78 is 5.15. The number of rotatable bonds is 6. The van der Waals surface area contributed by atoms with Gasteiger partial charge < -0.3 is 15.0 Å². The predicted octanol–water partition coefficient (Wildman–Crippen LogP) is 1.66. The smallest absolute Gasteiger partial charge is 0.338 e. The van der Waals surface area contributed by atoms with Gasteiger partial charge in [-0.25, -0.2) is 4.79 Å². The van der Waals surface area contributed by atoms with Crippen molar-refractivity contribution >= 4 is 23.5 Å². The number of benzene rings is 1. The first kappa shape index (κ1) is 16.7. The number of nitrogens with zero attached hydrogens (tertiary/aromatic N) is 1. The Labute approximate surface area is 135 Å². The van der Waals surface area contributed by atoms with E-state index in [-0.39, 0.29) is 11.8 Å². The molecule has 6 heteroatoms. The van der Waals surface area contributed by atoms with Crippen molar-refractivity contribution in [3.8, 4) is 0 Å². The molecule has 0 radical (unpaired) electrons. The van der Waals surface area contributed by atoms with Crippen LogP contribution in [0.15, 0.2) is 36.9 Å². The zero-order chi connectivity index (χ0) is 16.8. The second-order valence-corrected chi connectivity index (χ2v) is 5.28. The number of anilines is 1. The Bertz CT molecular complexity index is 627. The molecule has 1 atom stereocenters. The summed E-state index contributed by atoms with van der Waals surface area (Å²) in [6.07, 6.45) is 1.98. The molecule has 0 unspecified atom stereocenters. The van der Waals surface area contributed by atoms with Crippen LogP contribution in [0.2, 0.25) is 0 Å². The molecule has 23 heavy (non-hydrogen) atoms. The van der Waals surface area contributed by atoms with E-state index in [9.17, 15) is 14.4 Å². The lowest BCUT2D eigenvalue weighted by atomic mass is 10.2. The minimum atomic E-state index is -0.903. The standard InChI is InChI=1S/C17H20N2O4/c1-3-9-18-16(21)12(2)23-17(22)13-6-4-7-14(11-13)19-10-5-8-15(19)20/h3-4,6-7,11-12H,1,5,8-10H2,2H3,(H,18,21)/t12-/m1/s1. The Hall–Kier alpha value is -2.63. The Morgan fingerprint density at radius 3 is 2.91 bits per heavy atom. The number of hydrogen-bond donors (Lipinski definition) is 1. The van der Waals surface area contributed by atoms with Crippen molar-refractivity contribution in [2.75, 3.05) is 18.0 Å². The van der Waals surface area contributed by atoms with Gasteiger partial charge in [0, 0.05) is 25.2 Å². The Morgan fingerprint density at radius 1 is 1.48 bits per heavy atom. The summed E-state index contributed by atoms with van der Waals surface area (Å²) in [6.45, 7) is 5.97. The molecule has 1 N–H and O–H groups in total. The number of nitrogens with one attached hydrogen (secondary N) is 1. The maximum atomic E-state index is 12.2. The van der Waals surface area contributed by atoms with E-state index >= 15 is 0 Å². The molecule has 0 aromatic heterocycles. The van der Waals surface area contributed by atoms with Crippen LogP contribution >= 0.6 is 0 Å². The second-order valence-electron chi connectivity index (χ2n) is 5.28. The third-order valence-corrected chi connectivity index (χ3v) is 3.54. The van der Waals surface area contributed by atoms with Crippen LogP contribution in [0.5, 0.6) is 0 Å². The average molecular weight is 316 g/mol. The first-order valence-electron chi connectivity index (χ1n) is 7.53. The summed E-state index contributed by atoms with van der Waals surface area (Å²) in [6, 6.07) is 6.68.